The van der Waals surface area contributed by atoms with Gasteiger partial charge in [-0.1, -0.05) is 77.2 Å². The number of amidine groups is 1. The zero-order valence-corrected chi connectivity index (χ0v) is 24.1. The number of aliphatic hydroxyl groups is 2. The van der Waals surface area contributed by atoms with Crippen molar-refractivity contribution in [3.05, 3.63) is 12.2 Å². The van der Waals surface area contributed by atoms with Crippen LogP contribution >= 0.6 is 0 Å². The van der Waals surface area contributed by atoms with E-state index in [4.69, 9.17) is 0 Å². The van der Waals surface area contributed by atoms with Crippen LogP contribution in [0.5, 0.6) is 0 Å². The van der Waals surface area contributed by atoms with Crippen molar-refractivity contribution in [1.29, 1.82) is 0 Å². The van der Waals surface area contributed by atoms with Crippen LogP contribution in [0.25, 0.3) is 0 Å². The largest absolute Gasteiger partial charge is 1.00 e. The number of β-amino-alcohol motifs (C(OH)–C–C–N with tert-alkyl or cyclic N) is 2. The molecular formula is C24H44N2NaO6S+. The quantitative estimate of drug-likeness (QED) is 0.0739. The van der Waals surface area contributed by atoms with Crippen LogP contribution in [0.1, 0.15) is 84.0 Å². The third-order valence-corrected chi connectivity index (χ3v) is 6.69. The summed E-state index contributed by atoms with van der Waals surface area (Å²) in [5.41, 5.74) is 0. The fraction of sp³-hybridized carbons (Fsp3) is 0.833. The minimum absolute atomic E-state index is 0. The maximum Gasteiger partial charge on any atom is 1.00 e. The van der Waals surface area contributed by atoms with E-state index in [0.29, 0.717) is 18.9 Å². The van der Waals surface area contributed by atoms with Gasteiger partial charge in [-0.05, 0) is 18.9 Å². The number of aliphatic hydroxyl groups excluding tert-OH is 2. The fourth-order valence-electron chi connectivity index (χ4n) is 4.22. The normalized spacial score (nSPS) is 15.2. The zero-order chi connectivity index (χ0) is 24.5. The van der Waals surface area contributed by atoms with Gasteiger partial charge in [-0.25, -0.2) is 8.42 Å². The van der Waals surface area contributed by atoms with Gasteiger partial charge in [0.05, 0.1) is 22.5 Å². The van der Waals surface area contributed by atoms with Crippen molar-refractivity contribution in [2.24, 2.45) is 0 Å². The first-order chi connectivity index (χ1) is 15.8. The van der Waals surface area contributed by atoms with E-state index >= 15 is 0 Å². The molecule has 0 aromatic carbocycles. The molecule has 2 N–H and O–H groups in total. The molecule has 34 heavy (non-hydrogen) atoms. The molecule has 0 aromatic heterocycles. The van der Waals surface area contributed by atoms with Crippen molar-refractivity contribution in [1.82, 2.24) is 4.90 Å². The molecule has 10 heteroatoms. The summed E-state index contributed by atoms with van der Waals surface area (Å²) < 4.78 is 34.3. The Morgan fingerprint density at radius 1 is 1.09 bits per heavy atom. The number of allylic oxidation sites excluding steroid dienone is 1. The average molecular weight is 512 g/mol. The van der Waals surface area contributed by atoms with Crippen LogP contribution in [0.15, 0.2) is 12.2 Å². The topological polar surface area (TPSA) is 121 Å². The Kier molecular flexibility index (Phi) is 19.7. The summed E-state index contributed by atoms with van der Waals surface area (Å²) in [4.78, 5) is 14.5. The molecule has 1 unspecified atom stereocenters. The predicted molar refractivity (Wildman–Crippen MR) is 129 cm³/mol. The first-order valence-electron chi connectivity index (χ1n) is 12.6. The molecule has 1 atom stereocenters. The monoisotopic (exact) mass is 511 g/mol. The molecule has 0 aliphatic carbocycles. The molecule has 0 spiro atoms. The van der Waals surface area contributed by atoms with Crippen LogP contribution < -0.4 is 29.6 Å². The average Bonchev–Trinajstić information content (AvgIpc) is 3.12. The molecule has 0 bridgehead atoms. The number of hydrogen-bond acceptors (Lipinski definition) is 7. The number of carbonyl (C=O) groups is 1. The molecule has 192 valence electrons. The number of nitrogens with zero attached hydrogens (tertiary/aromatic N) is 2. The molecule has 1 rings (SSSR count). The standard InChI is InChI=1S/C24H44N2O6S.Na/c1-2-3-4-5-6-7-8-9-10-11-12-13-14-15-23(29)24-25(18-19-27)16-17-26(24)20-22(28)21-33(30,31)32;/h14-15,22,27-28H,2-13,16-21H2,1H3;/q;+1/b15-14+;. The van der Waals surface area contributed by atoms with E-state index in [9.17, 15) is 28.0 Å². The third-order valence-electron chi connectivity index (χ3n) is 5.90. The van der Waals surface area contributed by atoms with E-state index in [2.05, 4.69) is 6.92 Å². The smallest absolute Gasteiger partial charge is 0.748 e. The Hall–Kier alpha value is -0.290. The van der Waals surface area contributed by atoms with Gasteiger partial charge in [-0.15, -0.1) is 0 Å². The van der Waals surface area contributed by atoms with Gasteiger partial charge in [0.2, 0.25) is 0 Å². The number of ketones is 1. The van der Waals surface area contributed by atoms with E-state index in [1.807, 2.05) is 6.08 Å². The summed E-state index contributed by atoms with van der Waals surface area (Å²) in [6.45, 7) is 3.19. The number of carbonyl (C=O) groups excluding carboxylic acids is 1. The van der Waals surface area contributed by atoms with E-state index in [0.717, 1.165) is 19.3 Å². The molecule has 0 saturated heterocycles. The van der Waals surface area contributed by atoms with Crippen LogP contribution in [0.4, 0.5) is 0 Å². The fourth-order valence-corrected chi connectivity index (χ4v) is 4.79. The van der Waals surface area contributed by atoms with Gasteiger partial charge in [0.15, 0.2) is 0 Å². The summed E-state index contributed by atoms with van der Waals surface area (Å²) in [5, 5.41) is 19.2. The van der Waals surface area contributed by atoms with Crippen molar-refractivity contribution in [2.75, 3.05) is 38.5 Å². The molecule has 1 aliphatic heterocycles. The van der Waals surface area contributed by atoms with Gasteiger partial charge in [0.1, 0.15) is 32.3 Å². The second-order valence-electron chi connectivity index (χ2n) is 8.95. The summed E-state index contributed by atoms with van der Waals surface area (Å²) in [6.07, 6.45) is 16.8. The van der Waals surface area contributed by atoms with Gasteiger partial charge in [0.25, 0.3) is 5.78 Å². The maximum atomic E-state index is 12.8. The SMILES string of the molecule is CCCCCCCCCCCCC/C=C/C(=O)C1=[N+](CC(O)CS(=O)(=O)[O-])CCN1CCO.[Na+]. The molecule has 0 radical (unpaired) electrons. The van der Waals surface area contributed by atoms with Crippen LogP contribution in [-0.2, 0) is 14.9 Å². The van der Waals surface area contributed by atoms with Crippen LogP contribution in [0.3, 0.4) is 0 Å². The van der Waals surface area contributed by atoms with Gasteiger partial charge < -0.3 is 14.8 Å². The molecule has 0 saturated carbocycles. The zero-order valence-electron chi connectivity index (χ0n) is 21.3. The Morgan fingerprint density at radius 3 is 2.18 bits per heavy atom. The number of unbranched alkanes of at least 4 members (excludes halogenated alkanes) is 11. The van der Waals surface area contributed by atoms with Crippen LogP contribution in [-0.4, -0.2) is 88.9 Å². The summed E-state index contributed by atoms with van der Waals surface area (Å²) >= 11 is 0. The van der Waals surface area contributed by atoms with Crippen molar-refractivity contribution < 1.29 is 62.1 Å². The summed E-state index contributed by atoms with van der Waals surface area (Å²) in [6, 6.07) is 0. The first kappa shape index (κ1) is 33.7. The van der Waals surface area contributed by atoms with E-state index in [-0.39, 0.29) is 55.0 Å². The number of rotatable bonds is 20. The van der Waals surface area contributed by atoms with Gasteiger partial charge in [-0.2, -0.15) is 0 Å². The predicted octanol–water partition coefficient (Wildman–Crippen LogP) is -0.558. The van der Waals surface area contributed by atoms with Crippen LogP contribution in [0.2, 0.25) is 0 Å². The van der Waals surface area contributed by atoms with E-state index in [1.165, 1.54) is 63.9 Å². The molecule has 1 heterocycles. The molecular weight excluding hydrogens is 467 g/mol. The Balaban J connectivity index is 0.0000109. The molecule has 0 fully saturated rings. The minimum atomic E-state index is -4.55. The molecule has 0 amide bonds. The minimum Gasteiger partial charge on any atom is -0.748 e. The van der Waals surface area contributed by atoms with Crippen LogP contribution in [0, 0.1) is 0 Å². The Bertz CT molecular complexity index is 727. The van der Waals surface area contributed by atoms with Crippen molar-refractivity contribution >= 4 is 21.7 Å². The van der Waals surface area contributed by atoms with Crippen molar-refractivity contribution in [3.63, 3.8) is 0 Å². The maximum absolute atomic E-state index is 12.8. The van der Waals surface area contributed by atoms with Gasteiger partial charge >= 0.3 is 35.4 Å². The third kappa shape index (κ3) is 15.7. The number of hydrogen-bond donors (Lipinski definition) is 2. The van der Waals surface area contributed by atoms with E-state index < -0.39 is 22.0 Å². The Labute approximate surface area is 228 Å². The van der Waals surface area contributed by atoms with Gasteiger partial charge in [0, 0.05) is 0 Å². The van der Waals surface area contributed by atoms with Crippen molar-refractivity contribution in [2.45, 2.75) is 90.1 Å². The first-order valence-corrected chi connectivity index (χ1v) is 14.2. The summed E-state index contributed by atoms with van der Waals surface area (Å²) in [7, 11) is -4.55. The Morgan fingerprint density at radius 2 is 1.65 bits per heavy atom. The molecule has 8 nitrogen and oxygen atoms in total. The van der Waals surface area contributed by atoms with E-state index in [1.54, 1.807) is 9.48 Å². The van der Waals surface area contributed by atoms with Gasteiger partial charge in [-0.3, -0.25) is 14.3 Å². The molecule has 0 aromatic rings. The second kappa shape index (κ2) is 19.8. The van der Waals surface area contributed by atoms with Crippen molar-refractivity contribution in [3.8, 4) is 0 Å². The summed E-state index contributed by atoms with van der Waals surface area (Å²) in [5.74, 6) is -0.789. The second-order valence-corrected chi connectivity index (χ2v) is 10.4. The molecule has 1 aliphatic rings.